The molecule has 2 fully saturated rings. The Bertz CT molecular complexity index is 1290. The van der Waals surface area contributed by atoms with Crippen molar-refractivity contribution in [3.05, 3.63) is 58.8 Å². The van der Waals surface area contributed by atoms with Crippen molar-refractivity contribution in [1.82, 2.24) is 20.6 Å². The topological polar surface area (TPSA) is 79.4 Å². The number of carbonyl (C=O) groups excluding carboxylic acids is 1. The quantitative estimate of drug-likeness (QED) is 0.523. The lowest BCUT2D eigenvalue weighted by Gasteiger charge is -2.27. The Morgan fingerprint density at radius 1 is 1.25 bits per heavy atom. The predicted molar refractivity (Wildman–Crippen MR) is 139 cm³/mol. The zero-order valence-electron chi connectivity index (χ0n) is 21.4. The summed E-state index contributed by atoms with van der Waals surface area (Å²) in [6.07, 6.45) is 4.95. The van der Waals surface area contributed by atoms with Crippen LogP contribution in [0, 0.1) is 12.7 Å². The zero-order chi connectivity index (χ0) is 25.4. The highest BCUT2D eigenvalue weighted by Crippen LogP contribution is 2.43. The number of nitrogens with zero attached hydrogens (tertiary/aromatic N) is 3. The molecule has 3 aromatic rings. The molecule has 2 aliphatic rings. The van der Waals surface area contributed by atoms with E-state index in [0.717, 1.165) is 72.4 Å². The van der Waals surface area contributed by atoms with Gasteiger partial charge in [-0.1, -0.05) is 6.07 Å². The summed E-state index contributed by atoms with van der Waals surface area (Å²) in [6.45, 7) is 8.58. The van der Waals surface area contributed by atoms with E-state index in [0.29, 0.717) is 17.5 Å². The zero-order valence-corrected chi connectivity index (χ0v) is 21.4. The molecule has 0 bridgehead atoms. The Morgan fingerprint density at radius 2 is 2.06 bits per heavy atom. The van der Waals surface area contributed by atoms with Crippen molar-refractivity contribution in [2.24, 2.45) is 0 Å². The Hall–Kier alpha value is -3.26. The van der Waals surface area contributed by atoms with Crippen molar-refractivity contribution in [3.8, 4) is 5.75 Å². The molecule has 3 heterocycles. The lowest BCUT2D eigenvalue weighted by atomic mass is 10.0. The van der Waals surface area contributed by atoms with Crippen LogP contribution in [0.1, 0.15) is 72.4 Å². The molecule has 1 saturated carbocycles. The number of rotatable bonds is 6. The highest BCUT2D eigenvalue weighted by molar-refractivity contribution is 6.08. The third-order valence-electron chi connectivity index (χ3n) is 7.23. The molecule has 0 radical (unpaired) electrons. The number of ether oxygens (including phenoxy) is 1. The third-order valence-corrected chi connectivity index (χ3v) is 7.23. The summed E-state index contributed by atoms with van der Waals surface area (Å²) in [5.41, 5.74) is 5.12. The molecule has 1 amide bonds. The van der Waals surface area contributed by atoms with Crippen molar-refractivity contribution >= 4 is 22.5 Å². The standard InChI is InChI=1S/C28H34FN5O2/c1-16-9-11-34(12-10-30-16)27-21-13-17(2)32-25(19-5-6-19)26(21)31-15-22(27)28(35)33-18(3)20-7-8-23(29)24(14-20)36-4/h7-8,13-16,18-19,30H,5-6,9-12H2,1-4H3,(H,33,35)/t16-,18+/m1/s1. The first kappa shape index (κ1) is 24.4. The number of pyridine rings is 2. The molecule has 5 rings (SSSR count). The molecular weight excluding hydrogens is 457 g/mol. The van der Waals surface area contributed by atoms with Crippen molar-refractivity contribution < 1.29 is 13.9 Å². The highest BCUT2D eigenvalue weighted by Gasteiger charge is 2.31. The smallest absolute Gasteiger partial charge is 0.255 e. The van der Waals surface area contributed by atoms with E-state index in [-0.39, 0.29) is 17.7 Å². The van der Waals surface area contributed by atoms with Crippen LogP contribution in [0.15, 0.2) is 30.5 Å². The molecule has 1 aliphatic heterocycles. The normalized spacial score (nSPS) is 19.1. The second-order valence-corrected chi connectivity index (χ2v) is 10.1. The van der Waals surface area contributed by atoms with Gasteiger partial charge in [-0.3, -0.25) is 14.8 Å². The van der Waals surface area contributed by atoms with Gasteiger partial charge in [0.05, 0.1) is 35.6 Å². The molecule has 1 saturated heterocycles. The first-order valence-corrected chi connectivity index (χ1v) is 12.8. The van der Waals surface area contributed by atoms with Crippen LogP contribution in [0.5, 0.6) is 5.75 Å². The van der Waals surface area contributed by atoms with Crippen molar-refractivity contribution in [1.29, 1.82) is 0 Å². The first-order valence-electron chi connectivity index (χ1n) is 12.8. The van der Waals surface area contributed by atoms with E-state index in [9.17, 15) is 9.18 Å². The minimum absolute atomic E-state index is 0.156. The van der Waals surface area contributed by atoms with Crippen LogP contribution < -0.4 is 20.3 Å². The number of hydrogen-bond acceptors (Lipinski definition) is 6. The van der Waals surface area contributed by atoms with E-state index >= 15 is 0 Å². The molecule has 36 heavy (non-hydrogen) atoms. The summed E-state index contributed by atoms with van der Waals surface area (Å²) >= 11 is 0. The third kappa shape index (κ3) is 4.87. The number of benzene rings is 1. The van der Waals surface area contributed by atoms with Gasteiger partial charge in [-0.25, -0.2) is 4.39 Å². The van der Waals surface area contributed by atoms with E-state index in [1.54, 1.807) is 18.3 Å². The minimum atomic E-state index is -0.430. The van der Waals surface area contributed by atoms with Crippen molar-refractivity contribution in [2.45, 2.75) is 58.0 Å². The fraction of sp³-hybridized carbons (Fsp3) is 0.464. The molecule has 8 heteroatoms. The minimum Gasteiger partial charge on any atom is -0.494 e. The maximum Gasteiger partial charge on any atom is 0.255 e. The SMILES string of the molecule is COc1cc([C@H](C)NC(=O)c2cnc3c(C4CC4)nc(C)cc3c2N2CCN[C@H](C)CC2)ccc1F. The fourth-order valence-corrected chi connectivity index (χ4v) is 5.03. The highest BCUT2D eigenvalue weighted by atomic mass is 19.1. The molecule has 1 aromatic carbocycles. The van der Waals surface area contributed by atoms with Crippen LogP contribution in [0.25, 0.3) is 10.9 Å². The van der Waals surface area contributed by atoms with Gasteiger partial charge in [0.15, 0.2) is 11.6 Å². The van der Waals surface area contributed by atoms with Gasteiger partial charge in [0, 0.05) is 48.9 Å². The van der Waals surface area contributed by atoms with Crippen LogP contribution in [0.2, 0.25) is 0 Å². The van der Waals surface area contributed by atoms with Gasteiger partial charge in [-0.05, 0) is 63.8 Å². The molecule has 2 aromatic heterocycles. The van der Waals surface area contributed by atoms with Gasteiger partial charge < -0.3 is 20.3 Å². The number of nitrogens with one attached hydrogen (secondary N) is 2. The number of fused-ring (bicyclic) bond motifs is 1. The summed E-state index contributed by atoms with van der Waals surface area (Å²) in [5.74, 6) is -0.0294. The number of hydrogen-bond donors (Lipinski definition) is 2. The Labute approximate surface area is 211 Å². The number of halogens is 1. The lowest BCUT2D eigenvalue weighted by molar-refractivity contribution is 0.0940. The number of aryl methyl sites for hydroxylation is 1. The van der Waals surface area contributed by atoms with Gasteiger partial charge >= 0.3 is 0 Å². The summed E-state index contributed by atoms with van der Waals surface area (Å²) in [6, 6.07) is 6.79. The lowest BCUT2D eigenvalue weighted by Crippen LogP contribution is -2.33. The Balaban J connectivity index is 1.55. The summed E-state index contributed by atoms with van der Waals surface area (Å²) in [7, 11) is 1.43. The van der Waals surface area contributed by atoms with E-state index in [2.05, 4.69) is 28.5 Å². The molecule has 0 unspecified atom stereocenters. The largest absolute Gasteiger partial charge is 0.494 e. The monoisotopic (exact) mass is 491 g/mol. The summed E-state index contributed by atoms with van der Waals surface area (Å²) in [4.78, 5) is 25.6. The predicted octanol–water partition coefficient (Wildman–Crippen LogP) is 4.64. The molecule has 2 N–H and O–H groups in total. The van der Waals surface area contributed by atoms with E-state index in [4.69, 9.17) is 14.7 Å². The number of carbonyl (C=O) groups is 1. The number of anilines is 1. The number of methoxy groups -OCH3 is 1. The first-order chi connectivity index (χ1) is 17.4. The summed E-state index contributed by atoms with van der Waals surface area (Å²) in [5, 5.41) is 7.64. The van der Waals surface area contributed by atoms with Crippen LogP contribution in [-0.2, 0) is 0 Å². The maximum absolute atomic E-state index is 13.9. The molecule has 7 nitrogen and oxygen atoms in total. The number of aromatic nitrogens is 2. The second-order valence-electron chi connectivity index (χ2n) is 10.1. The van der Waals surface area contributed by atoms with Crippen molar-refractivity contribution in [3.63, 3.8) is 0 Å². The Kier molecular flexibility index (Phi) is 6.79. The molecule has 190 valence electrons. The molecule has 1 aliphatic carbocycles. The maximum atomic E-state index is 13.9. The average molecular weight is 492 g/mol. The van der Waals surface area contributed by atoms with Crippen LogP contribution in [-0.4, -0.2) is 48.7 Å². The van der Waals surface area contributed by atoms with Gasteiger partial charge in [-0.15, -0.1) is 0 Å². The number of amides is 1. The van der Waals surface area contributed by atoms with Gasteiger partial charge in [0.2, 0.25) is 0 Å². The molecule has 0 spiro atoms. The van der Waals surface area contributed by atoms with E-state index in [1.807, 2.05) is 13.8 Å². The van der Waals surface area contributed by atoms with Crippen LogP contribution in [0.3, 0.4) is 0 Å². The van der Waals surface area contributed by atoms with Crippen molar-refractivity contribution in [2.75, 3.05) is 31.6 Å². The van der Waals surface area contributed by atoms with Gasteiger partial charge in [0.1, 0.15) is 0 Å². The summed E-state index contributed by atoms with van der Waals surface area (Å²) < 4.78 is 19.0. The van der Waals surface area contributed by atoms with Gasteiger partial charge in [-0.2, -0.15) is 0 Å². The van der Waals surface area contributed by atoms with Crippen LogP contribution in [0.4, 0.5) is 10.1 Å². The van der Waals surface area contributed by atoms with Gasteiger partial charge in [0.25, 0.3) is 5.91 Å². The second kappa shape index (κ2) is 10.0. The fourth-order valence-electron chi connectivity index (χ4n) is 5.03. The Morgan fingerprint density at radius 3 is 2.81 bits per heavy atom. The molecule has 2 atom stereocenters. The van der Waals surface area contributed by atoms with E-state index in [1.165, 1.54) is 13.2 Å². The van der Waals surface area contributed by atoms with E-state index < -0.39 is 5.82 Å². The average Bonchev–Trinajstić information content (AvgIpc) is 3.71. The molecular formula is C28H34FN5O2. The van der Waals surface area contributed by atoms with Crippen LogP contribution >= 0.6 is 0 Å².